The highest BCUT2D eigenvalue weighted by Gasteiger charge is 2.21. The number of carboxylic acid groups (broad SMARTS) is 1. The Labute approximate surface area is 116 Å². The summed E-state index contributed by atoms with van der Waals surface area (Å²) in [5.74, 6) is -0.844. The molecule has 0 aliphatic carbocycles. The van der Waals surface area contributed by atoms with Gasteiger partial charge in [-0.1, -0.05) is 0 Å². The van der Waals surface area contributed by atoms with Crippen molar-refractivity contribution in [2.24, 2.45) is 0 Å². The zero-order valence-corrected chi connectivity index (χ0v) is 12.2. The van der Waals surface area contributed by atoms with E-state index in [1.165, 1.54) is 30.8 Å². The van der Waals surface area contributed by atoms with Crippen LogP contribution in [0.2, 0.25) is 0 Å². The number of hydrogen-bond donors (Lipinski definition) is 2. The van der Waals surface area contributed by atoms with Crippen molar-refractivity contribution in [3.63, 3.8) is 0 Å². The van der Waals surface area contributed by atoms with Crippen LogP contribution < -0.4 is 5.32 Å². The molecule has 0 unspecified atom stereocenters. The van der Waals surface area contributed by atoms with Crippen molar-refractivity contribution >= 4 is 29.7 Å². The number of carbonyl (C=O) groups excluding carboxylic acids is 2. The Bertz CT molecular complexity index is 324. The van der Waals surface area contributed by atoms with Gasteiger partial charge in [-0.2, -0.15) is 11.8 Å². The zero-order valence-electron chi connectivity index (χ0n) is 11.3. The van der Waals surface area contributed by atoms with E-state index in [9.17, 15) is 14.4 Å². The van der Waals surface area contributed by atoms with Crippen molar-refractivity contribution in [1.82, 2.24) is 10.2 Å². The molecular formula is C11H20N2O5S. The molecule has 110 valence electrons. The minimum absolute atomic E-state index is 0.0724. The number of amides is 2. The van der Waals surface area contributed by atoms with E-state index < -0.39 is 24.0 Å². The van der Waals surface area contributed by atoms with Crippen LogP contribution in [-0.4, -0.2) is 66.7 Å². The minimum Gasteiger partial charge on any atom is -0.480 e. The second-order valence-corrected chi connectivity index (χ2v) is 4.86. The summed E-state index contributed by atoms with van der Waals surface area (Å²) in [6.45, 7) is 0.174. The molecule has 8 heteroatoms. The third kappa shape index (κ3) is 7.55. The summed E-state index contributed by atoms with van der Waals surface area (Å²) in [6, 6.07) is -1.43. The number of thioether (sulfide) groups is 1. The number of ether oxygens (including phenoxy) is 1. The number of carboxylic acids is 1. The summed E-state index contributed by atoms with van der Waals surface area (Å²) in [6.07, 6.45) is 2.29. The Morgan fingerprint density at radius 2 is 2.05 bits per heavy atom. The standard InChI is InChI=1S/C11H20N2O5S/c1-13(6-4-9(14)18-2)11(17)12-8(10(15)16)5-7-19-3/h8H,4-7H2,1-3H3,(H,12,17)(H,15,16)/t8-/m0/s1. The highest BCUT2D eigenvalue weighted by Crippen LogP contribution is 2.02. The van der Waals surface area contributed by atoms with E-state index in [4.69, 9.17) is 5.11 Å². The third-order valence-electron chi connectivity index (χ3n) is 2.43. The fourth-order valence-electron chi connectivity index (χ4n) is 1.21. The van der Waals surface area contributed by atoms with Gasteiger partial charge in [-0.3, -0.25) is 4.79 Å². The van der Waals surface area contributed by atoms with Gasteiger partial charge in [-0.05, 0) is 18.4 Å². The van der Waals surface area contributed by atoms with E-state index in [-0.39, 0.29) is 13.0 Å². The van der Waals surface area contributed by atoms with E-state index in [0.29, 0.717) is 12.2 Å². The summed E-state index contributed by atoms with van der Waals surface area (Å²) in [5.41, 5.74) is 0. The Morgan fingerprint density at radius 1 is 1.42 bits per heavy atom. The van der Waals surface area contributed by atoms with Crippen molar-refractivity contribution < 1.29 is 24.2 Å². The van der Waals surface area contributed by atoms with Crippen LogP contribution in [0.15, 0.2) is 0 Å². The van der Waals surface area contributed by atoms with Gasteiger partial charge in [0.2, 0.25) is 0 Å². The van der Waals surface area contributed by atoms with Gasteiger partial charge in [-0.15, -0.1) is 0 Å². The van der Waals surface area contributed by atoms with Crippen molar-refractivity contribution in [2.45, 2.75) is 18.9 Å². The average molecular weight is 292 g/mol. The molecule has 0 bridgehead atoms. The number of rotatable bonds is 8. The van der Waals surface area contributed by atoms with E-state index in [0.717, 1.165) is 0 Å². The molecule has 2 amide bonds. The molecule has 0 saturated heterocycles. The zero-order chi connectivity index (χ0) is 14.8. The van der Waals surface area contributed by atoms with Gasteiger partial charge in [-0.25, -0.2) is 9.59 Å². The van der Waals surface area contributed by atoms with Gasteiger partial charge in [0.15, 0.2) is 0 Å². The summed E-state index contributed by atoms with van der Waals surface area (Å²) in [4.78, 5) is 34.9. The van der Waals surface area contributed by atoms with Gasteiger partial charge in [0.25, 0.3) is 0 Å². The number of esters is 1. The van der Waals surface area contributed by atoms with Crippen LogP contribution in [-0.2, 0) is 14.3 Å². The Hall–Kier alpha value is -1.44. The molecule has 19 heavy (non-hydrogen) atoms. The van der Waals surface area contributed by atoms with E-state index >= 15 is 0 Å². The largest absolute Gasteiger partial charge is 0.480 e. The van der Waals surface area contributed by atoms with Crippen molar-refractivity contribution in [2.75, 3.05) is 32.7 Å². The number of nitrogens with one attached hydrogen (secondary N) is 1. The SMILES string of the molecule is COC(=O)CCN(C)C(=O)N[C@@H](CCSC)C(=O)O. The lowest BCUT2D eigenvalue weighted by molar-refractivity contribution is -0.141. The van der Waals surface area contributed by atoms with Gasteiger partial charge < -0.3 is 20.1 Å². The molecule has 0 spiro atoms. The van der Waals surface area contributed by atoms with E-state index in [1.54, 1.807) is 0 Å². The maximum atomic E-state index is 11.7. The van der Waals surface area contributed by atoms with Crippen LogP contribution in [0.25, 0.3) is 0 Å². The van der Waals surface area contributed by atoms with Crippen molar-refractivity contribution in [1.29, 1.82) is 0 Å². The lowest BCUT2D eigenvalue weighted by Crippen LogP contribution is -2.47. The number of hydrogen-bond acceptors (Lipinski definition) is 5. The average Bonchev–Trinajstić information content (AvgIpc) is 2.39. The molecule has 0 heterocycles. The van der Waals surface area contributed by atoms with Crippen molar-refractivity contribution in [3.05, 3.63) is 0 Å². The van der Waals surface area contributed by atoms with Gasteiger partial charge in [0, 0.05) is 13.6 Å². The first-order valence-corrected chi connectivity index (χ1v) is 7.12. The number of nitrogens with zero attached hydrogens (tertiary/aromatic N) is 1. The molecule has 0 aromatic heterocycles. The lowest BCUT2D eigenvalue weighted by Gasteiger charge is -2.20. The van der Waals surface area contributed by atoms with Crippen LogP contribution in [0.3, 0.4) is 0 Å². The first-order valence-electron chi connectivity index (χ1n) is 5.72. The minimum atomic E-state index is -1.07. The summed E-state index contributed by atoms with van der Waals surface area (Å²) in [5, 5.41) is 11.4. The molecule has 0 aromatic rings. The van der Waals surface area contributed by atoms with Gasteiger partial charge in [0.05, 0.1) is 13.5 Å². The molecular weight excluding hydrogens is 272 g/mol. The fraction of sp³-hybridized carbons (Fsp3) is 0.727. The first kappa shape index (κ1) is 17.6. The molecule has 0 rings (SSSR count). The first-order chi connectivity index (χ1) is 8.92. The quantitative estimate of drug-likeness (QED) is 0.629. The Balaban J connectivity index is 4.23. The topological polar surface area (TPSA) is 95.9 Å². The molecule has 0 fully saturated rings. The van der Waals surface area contributed by atoms with Crippen molar-refractivity contribution in [3.8, 4) is 0 Å². The predicted molar refractivity (Wildman–Crippen MR) is 72.2 cm³/mol. The van der Waals surface area contributed by atoms with Crippen LogP contribution >= 0.6 is 11.8 Å². The fourth-order valence-corrected chi connectivity index (χ4v) is 1.69. The van der Waals surface area contributed by atoms with Crippen LogP contribution in [0, 0.1) is 0 Å². The van der Waals surface area contributed by atoms with E-state index in [2.05, 4.69) is 10.1 Å². The van der Waals surface area contributed by atoms with E-state index in [1.807, 2.05) is 6.26 Å². The number of aliphatic carboxylic acids is 1. The molecule has 0 aliphatic heterocycles. The molecule has 0 saturated carbocycles. The summed E-state index contributed by atoms with van der Waals surface area (Å²) in [7, 11) is 2.76. The second-order valence-electron chi connectivity index (χ2n) is 3.87. The van der Waals surface area contributed by atoms with Crippen LogP contribution in [0.1, 0.15) is 12.8 Å². The number of carbonyl (C=O) groups is 3. The summed E-state index contributed by atoms with van der Waals surface area (Å²) >= 11 is 1.51. The molecule has 0 radical (unpaired) electrons. The monoisotopic (exact) mass is 292 g/mol. The number of methoxy groups -OCH3 is 1. The number of urea groups is 1. The molecule has 2 N–H and O–H groups in total. The molecule has 1 atom stereocenters. The summed E-state index contributed by atoms with van der Waals surface area (Å²) < 4.78 is 4.46. The lowest BCUT2D eigenvalue weighted by atomic mass is 10.2. The normalized spacial score (nSPS) is 11.5. The predicted octanol–water partition coefficient (Wildman–Crippen LogP) is 0.397. The van der Waals surface area contributed by atoms with Gasteiger partial charge >= 0.3 is 18.0 Å². The Kier molecular flexibility index (Phi) is 8.77. The van der Waals surface area contributed by atoms with Gasteiger partial charge in [0.1, 0.15) is 6.04 Å². The molecule has 0 aromatic carbocycles. The third-order valence-corrected chi connectivity index (χ3v) is 3.08. The molecule has 7 nitrogen and oxygen atoms in total. The second kappa shape index (κ2) is 9.48. The molecule has 0 aliphatic rings. The van der Waals surface area contributed by atoms with Crippen LogP contribution in [0.4, 0.5) is 4.79 Å². The Morgan fingerprint density at radius 3 is 2.53 bits per heavy atom. The smallest absolute Gasteiger partial charge is 0.326 e. The maximum absolute atomic E-state index is 11.7. The highest BCUT2D eigenvalue weighted by atomic mass is 32.2. The highest BCUT2D eigenvalue weighted by molar-refractivity contribution is 7.98. The van der Waals surface area contributed by atoms with Crippen LogP contribution in [0.5, 0.6) is 0 Å². The maximum Gasteiger partial charge on any atom is 0.326 e.